The highest BCUT2D eigenvalue weighted by molar-refractivity contribution is 5.14. The first-order chi connectivity index (χ1) is 7.40. The van der Waals surface area contributed by atoms with Gasteiger partial charge in [0.05, 0.1) is 12.5 Å². The van der Waals surface area contributed by atoms with Crippen molar-refractivity contribution in [2.45, 2.75) is 12.5 Å². The first kappa shape index (κ1) is 9.86. The van der Waals surface area contributed by atoms with Gasteiger partial charge in [-0.25, -0.2) is 0 Å². The summed E-state index contributed by atoms with van der Waals surface area (Å²) in [6, 6.07) is 6.04. The average Bonchev–Trinajstić information content (AvgIpc) is 2.80. The van der Waals surface area contributed by atoms with E-state index in [1.54, 1.807) is 18.7 Å². The van der Waals surface area contributed by atoms with E-state index < -0.39 is 0 Å². The van der Waals surface area contributed by atoms with Crippen LogP contribution in [0.15, 0.2) is 41.3 Å². The second-order valence-corrected chi connectivity index (χ2v) is 3.30. The Bertz CT molecular complexity index is 385. The summed E-state index contributed by atoms with van der Waals surface area (Å²) in [5.74, 6) is 0.964. The fourth-order valence-corrected chi connectivity index (χ4v) is 1.52. The molecule has 2 rings (SSSR count). The molecule has 0 saturated carbocycles. The summed E-state index contributed by atoms with van der Waals surface area (Å²) in [7, 11) is 1.92. The molecule has 0 saturated heterocycles. The highest BCUT2D eigenvalue weighted by Crippen LogP contribution is 2.16. The second kappa shape index (κ2) is 4.70. The summed E-state index contributed by atoms with van der Waals surface area (Å²) in [5, 5.41) is 10.8. The molecule has 0 aliphatic heterocycles. The average molecular weight is 203 g/mol. The van der Waals surface area contributed by atoms with E-state index in [0.717, 1.165) is 17.7 Å². The molecule has 1 unspecified atom stereocenters. The number of hydrogen-bond acceptors (Lipinski definition) is 4. The van der Waals surface area contributed by atoms with Gasteiger partial charge < -0.3 is 9.73 Å². The fourth-order valence-electron chi connectivity index (χ4n) is 1.52. The van der Waals surface area contributed by atoms with Gasteiger partial charge in [0, 0.05) is 18.7 Å². The highest BCUT2D eigenvalue weighted by Gasteiger charge is 2.11. The van der Waals surface area contributed by atoms with Crippen LogP contribution in [0.3, 0.4) is 0 Å². The van der Waals surface area contributed by atoms with E-state index >= 15 is 0 Å². The molecule has 4 heteroatoms. The standard InChI is InChI=1S/C11H13N3O/c1-12-11(7-10-3-2-6-15-10)9-4-5-13-14-8-9/h2-6,8,11-12H,7H2,1H3. The molecule has 2 aromatic rings. The topological polar surface area (TPSA) is 51.0 Å². The molecule has 78 valence electrons. The Labute approximate surface area is 88.3 Å². The van der Waals surface area contributed by atoms with Crippen LogP contribution in [0.4, 0.5) is 0 Å². The highest BCUT2D eigenvalue weighted by atomic mass is 16.3. The maximum absolute atomic E-state index is 5.31. The lowest BCUT2D eigenvalue weighted by molar-refractivity contribution is 0.465. The number of likely N-dealkylation sites (N-methyl/N-ethyl adjacent to an activating group) is 1. The first-order valence-corrected chi connectivity index (χ1v) is 4.86. The van der Waals surface area contributed by atoms with E-state index in [4.69, 9.17) is 4.42 Å². The summed E-state index contributed by atoms with van der Waals surface area (Å²) in [5.41, 5.74) is 1.11. The smallest absolute Gasteiger partial charge is 0.105 e. The number of aromatic nitrogens is 2. The lowest BCUT2D eigenvalue weighted by atomic mass is 10.1. The van der Waals surface area contributed by atoms with Crippen LogP contribution >= 0.6 is 0 Å². The molecule has 0 aromatic carbocycles. The zero-order valence-corrected chi connectivity index (χ0v) is 8.55. The van der Waals surface area contributed by atoms with Crippen LogP contribution in [-0.4, -0.2) is 17.2 Å². The van der Waals surface area contributed by atoms with E-state index in [1.807, 2.05) is 25.2 Å². The molecule has 4 nitrogen and oxygen atoms in total. The van der Waals surface area contributed by atoms with Crippen molar-refractivity contribution in [2.75, 3.05) is 7.05 Å². The van der Waals surface area contributed by atoms with Gasteiger partial charge in [0.15, 0.2) is 0 Å². The van der Waals surface area contributed by atoms with Crippen molar-refractivity contribution in [2.24, 2.45) is 0 Å². The minimum absolute atomic E-state index is 0.214. The summed E-state index contributed by atoms with van der Waals surface area (Å²) >= 11 is 0. The van der Waals surface area contributed by atoms with E-state index in [2.05, 4.69) is 15.5 Å². The summed E-state index contributed by atoms with van der Waals surface area (Å²) in [6.45, 7) is 0. The van der Waals surface area contributed by atoms with Crippen molar-refractivity contribution in [1.29, 1.82) is 0 Å². The normalized spacial score (nSPS) is 12.6. The van der Waals surface area contributed by atoms with Gasteiger partial charge in [-0.05, 0) is 30.8 Å². The molecule has 15 heavy (non-hydrogen) atoms. The third kappa shape index (κ3) is 2.41. The van der Waals surface area contributed by atoms with E-state index in [-0.39, 0.29) is 6.04 Å². The summed E-state index contributed by atoms with van der Waals surface area (Å²) in [4.78, 5) is 0. The van der Waals surface area contributed by atoms with Crippen LogP contribution < -0.4 is 5.32 Å². The molecule has 0 spiro atoms. The van der Waals surface area contributed by atoms with Crippen LogP contribution in [-0.2, 0) is 6.42 Å². The molecule has 2 heterocycles. The van der Waals surface area contributed by atoms with Gasteiger partial charge in [-0.15, -0.1) is 0 Å². The van der Waals surface area contributed by atoms with Gasteiger partial charge in [-0.1, -0.05) is 0 Å². The Kier molecular flexibility index (Phi) is 3.09. The summed E-state index contributed by atoms with van der Waals surface area (Å²) < 4.78 is 5.31. The molecule has 1 atom stereocenters. The third-order valence-corrected chi connectivity index (χ3v) is 2.34. The van der Waals surface area contributed by atoms with Gasteiger partial charge in [0.2, 0.25) is 0 Å². The second-order valence-electron chi connectivity index (χ2n) is 3.30. The van der Waals surface area contributed by atoms with Gasteiger partial charge in [-0.3, -0.25) is 0 Å². The van der Waals surface area contributed by atoms with Gasteiger partial charge >= 0.3 is 0 Å². The molecule has 0 aliphatic rings. The lowest BCUT2D eigenvalue weighted by Crippen LogP contribution is -2.18. The number of rotatable bonds is 4. The molecule has 2 aromatic heterocycles. The molecule has 1 N–H and O–H groups in total. The Hall–Kier alpha value is -1.68. The predicted octanol–water partition coefficient (Wildman–Crippen LogP) is 1.57. The number of nitrogens with one attached hydrogen (secondary N) is 1. The van der Waals surface area contributed by atoms with Gasteiger partial charge in [0.25, 0.3) is 0 Å². The maximum Gasteiger partial charge on any atom is 0.105 e. The monoisotopic (exact) mass is 203 g/mol. The predicted molar refractivity (Wildman–Crippen MR) is 56.2 cm³/mol. The number of hydrogen-bond donors (Lipinski definition) is 1. The first-order valence-electron chi connectivity index (χ1n) is 4.86. The van der Waals surface area contributed by atoms with E-state index in [0.29, 0.717) is 0 Å². The van der Waals surface area contributed by atoms with Crippen molar-refractivity contribution in [1.82, 2.24) is 15.5 Å². The zero-order valence-electron chi connectivity index (χ0n) is 8.55. The van der Waals surface area contributed by atoms with Crippen LogP contribution in [0.5, 0.6) is 0 Å². The Morgan fingerprint density at radius 3 is 2.93 bits per heavy atom. The molecular weight excluding hydrogens is 190 g/mol. The van der Waals surface area contributed by atoms with Crippen molar-refractivity contribution in [3.8, 4) is 0 Å². The Balaban J connectivity index is 2.12. The van der Waals surface area contributed by atoms with Crippen molar-refractivity contribution < 1.29 is 4.42 Å². The molecule has 0 aliphatic carbocycles. The quantitative estimate of drug-likeness (QED) is 0.819. The van der Waals surface area contributed by atoms with Crippen LogP contribution in [0, 0.1) is 0 Å². The zero-order chi connectivity index (χ0) is 10.5. The summed E-state index contributed by atoms with van der Waals surface area (Å²) in [6.07, 6.45) is 5.97. The van der Waals surface area contributed by atoms with Crippen LogP contribution in [0.2, 0.25) is 0 Å². The molecule has 0 radical (unpaired) electrons. The van der Waals surface area contributed by atoms with Crippen molar-refractivity contribution in [3.63, 3.8) is 0 Å². The Morgan fingerprint density at radius 2 is 2.33 bits per heavy atom. The van der Waals surface area contributed by atoms with Crippen molar-refractivity contribution in [3.05, 3.63) is 48.2 Å². The molecule has 0 bridgehead atoms. The molecule has 0 fully saturated rings. The van der Waals surface area contributed by atoms with Gasteiger partial charge in [-0.2, -0.15) is 10.2 Å². The largest absolute Gasteiger partial charge is 0.469 e. The minimum atomic E-state index is 0.214. The third-order valence-electron chi connectivity index (χ3n) is 2.34. The van der Waals surface area contributed by atoms with Crippen LogP contribution in [0.25, 0.3) is 0 Å². The molecular formula is C11H13N3O. The van der Waals surface area contributed by atoms with Crippen LogP contribution in [0.1, 0.15) is 17.4 Å². The van der Waals surface area contributed by atoms with E-state index in [9.17, 15) is 0 Å². The minimum Gasteiger partial charge on any atom is -0.469 e. The SMILES string of the molecule is CNC(Cc1ccco1)c1ccnnc1. The number of nitrogens with zero attached hydrogens (tertiary/aromatic N) is 2. The number of furan rings is 1. The molecule has 0 amide bonds. The van der Waals surface area contributed by atoms with Gasteiger partial charge in [0.1, 0.15) is 5.76 Å². The fraction of sp³-hybridized carbons (Fsp3) is 0.273. The van der Waals surface area contributed by atoms with E-state index in [1.165, 1.54) is 0 Å². The lowest BCUT2D eigenvalue weighted by Gasteiger charge is -2.14. The maximum atomic E-state index is 5.31. The Morgan fingerprint density at radius 1 is 1.40 bits per heavy atom. The van der Waals surface area contributed by atoms with Crippen molar-refractivity contribution >= 4 is 0 Å².